The zero-order valence-electron chi connectivity index (χ0n) is 10.7. The van der Waals surface area contributed by atoms with Crippen molar-refractivity contribution >= 4 is 35.0 Å². The number of hydrogen-bond donors (Lipinski definition) is 1. The minimum Gasteiger partial charge on any atom is -0.481 e. The van der Waals surface area contributed by atoms with Crippen LogP contribution >= 0.6 is 23.4 Å². The molecule has 0 aliphatic heterocycles. The van der Waals surface area contributed by atoms with Gasteiger partial charge in [0.05, 0.1) is 16.2 Å². The lowest BCUT2D eigenvalue weighted by Crippen LogP contribution is -1.99. The van der Waals surface area contributed by atoms with Crippen molar-refractivity contribution in [1.29, 1.82) is 0 Å². The van der Waals surface area contributed by atoms with Crippen molar-refractivity contribution in [3.63, 3.8) is 0 Å². The first-order valence-electron chi connectivity index (χ1n) is 5.88. The Kier molecular flexibility index (Phi) is 4.82. The average molecular weight is 324 g/mol. The number of carboxylic acid groups (broad SMARTS) is 1. The first-order chi connectivity index (χ1) is 9.95. The van der Waals surface area contributed by atoms with E-state index in [1.807, 2.05) is 0 Å². The molecule has 2 aromatic carbocycles. The minimum atomic E-state index is -0.902. The van der Waals surface area contributed by atoms with Crippen molar-refractivity contribution in [1.82, 2.24) is 0 Å². The summed E-state index contributed by atoms with van der Waals surface area (Å²) in [5.41, 5.74) is 0.659. The number of aliphatic carboxylic acids is 1. The Labute approximate surface area is 129 Å². The summed E-state index contributed by atoms with van der Waals surface area (Å²) < 4.78 is 0. The Morgan fingerprint density at radius 1 is 1.24 bits per heavy atom. The van der Waals surface area contributed by atoms with Gasteiger partial charge in [-0.05, 0) is 29.8 Å². The molecule has 5 nitrogen and oxygen atoms in total. The van der Waals surface area contributed by atoms with E-state index in [4.69, 9.17) is 16.7 Å². The van der Waals surface area contributed by atoms with Gasteiger partial charge in [0, 0.05) is 16.0 Å². The maximum absolute atomic E-state index is 11.0. The Hall–Kier alpha value is -2.05. The summed E-state index contributed by atoms with van der Waals surface area (Å²) in [6, 6.07) is 11.2. The van der Waals surface area contributed by atoms with E-state index in [-0.39, 0.29) is 12.1 Å². The molecule has 0 unspecified atom stereocenters. The molecule has 0 aliphatic carbocycles. The van der Waals surface area contributed by atoms with Crippen molar-refractivity contribution in [2.45, 2.75) is 16.2 Å². The molecule has 2 aromatic rings. The fourth-order valence-electron chi connectivity index (χ4n) is 1.70. The van der Waals surface area contributed by atoms with Gasteiger partial charge in [-0.3, -0.25) is 14.9 Å². The number of nitrogens with zero attached hydrogens (tertiary/aromatic N) is 1. The van der Waals surface area contributed by atoms with Gasteiger partial charge in [0.25, 0.3) is 5.69 Å². The molecular formula is C14H10ClNO4S. The highest BCUT2D eigenvalue weighted by atomic mass is 35.5. The molecule has 108 valence electrons. The zero-order valence-corrected chi connectivity index (χ0v) is 12.2. The summed E-state index contributed by atoms with van der Waals surface area (Å²) >= 11 is 7.08. The standard InChI is InChI=1S/C14H10ClNO4S/c15-10-3-6-12(16(19)20)13(8-10)21-11-4-1-9(2-5-11)7-14(17)18/h1-6,8H,7H2,(H,17,18). The number of rotatable bonds is 5. The minimum absolute atomic E-state index is 0.0148. The van der Waals surface area contributed by atoms with Crippen molar-refractivity contribution < 1.29 is 14.8 Å². The summed E-state index contributed by atoms with van der Waals surface area (Å²) in [6.45, 7) is 0. The van der Waals surface area contributed by atoms with E-state index in [2.05, 4.69) is 0 Å². The van der Waals surface area contributed by atoms with Crippen LogP contribution in [0.3, 0.4) is 0 Å². The molecule has 0 saturated heterocycles. The smallest absolute Gasteiger partial charge is 0.307 e. The van der Waals surface area contributed by atoms with Crippen LogP contribution in [0.4, 0.5) is 5.69 Å². The highest BCUT2D eigenvalue weighted by Gasteiger charge is 2.15. The first-order valence-corrected chi connectivity index (χ1v) is 7.07. The molecule has 7 heteroatoms. The van der Waals surface area contributed by atoms with Crippen LogP contribution in [-0.4, -0.2) is 16.0 Å². The molecule has 0 amide bonds. The number of nitro groups is 1. The van der Waals surface area contributed by atoms with Crippen LogP contribution in [0.2, 0.25) is 5.02 Å². The molecule has 0 heterocycles. The second kappa shape index (κ2) is 6.60. The highest BCUT2D eigenvalue weighted by Crippen LogP contribution is 2.36. The Balaban J connectivity index is 2.23. The van der Waals surface area contributed by atoms with Gasteiger partial charge >= 0.3 is 5.97 Å². The number of halogens is 1. The number of hydrogen-bond acceptors (Lipinski definition) is 4. The summed E-state index contributed by atoms with van der Waals surface area (Å²) in [5.74, 6) is -0.902. The molecule has 0 spiro atoms. The quantitative estimate of drug-likeness (QED) is 0.663. The van der Waals surface area contributed by atoms with E-state index < -0.39 is 10.9 Å². The van der Waals surface area contributed by atoms with Crippen LogP contribution < -0.4 is 0 Å². The van der Waals surface area contributed by atoms with Crippen LogP contribution in [0, 0.1) is 10.1 Å². The van der Waals surface area contributed by atoms with E-state index >= 15 is 0 Å². The van der Waals surface area contributed by atoms with Gasteiger partial charge in [-0.2, -0.15) is 0 Å². The predicted octanol–water partition coefficient (Wildman–Crippen LogP) is 4.03. The van der Waals surface area contributed by atoms with Crippen LogP contribution in [0.5, 0.6) is 0 Å². The summed E-state index contributed by atoms with van der Waals surface area (Å²) in [6.07, 6.45) is -0.0533. The Bertz CT molecular complexity index is 688. The van der Waals surface area contributed by atoms with Crippen LogP contribution in [0.25, 0.3) is 0 Å². The summed E-state index contributed by atoms with van der Waals surface area (Å²) in [4.78, 5) is 22.3. The fraction of sp³-hybridized carbons (Fsp3) is 0.0714. The molecule has 0 aliphatic rings. The maximum Gasteiger partial charge on any atom is 0.307 e. The second-order valence-corrected chi connectivity index (χ2v) is 5.74. The van der Waals surface area contributed by atoms with E-state index in [9.17, 15) is 14.9 Å². The lowest BCUT2D eigenvalue weighted by Gasteiger charge is -2.04. The SMILES string of the molecule is O=C(O)Cc1ccc(Sc2cc(Cl)ccc2[N+](=O)[O-])cc1. The molecule has 0 atom stereocenters. The van der Waals surface area contributed by atoms with Gasteiger partial charge in [0.1, 0.15) is 0 Å². The Morgan fingerprint density at radius 3 is 2.48 bits per heavy atom. The molecule has 2 rings (SSSR count). The largest absolute Gasteiger partial charge is 0.481 e. The van der Waals surface area contributed by atoms with Crippen LogP contribution in [-0.2, 0) is 11.2 Å². The summed E-state index contributed by atoms with van der Waals surface area (Å²) in [5, 5.41) is 20.1. The van der Waals surface area contributed by atoms with Gasteiger partial charge in [0.15, 0.2) is 0 Å². The van der Waals surface area contributed by atoms with Gasteiger partial charge in [-0.15, -0.1) is 0 Å². The van der Waals surface area contributed by atoms with E-state index in [1.54, 1.807) is 24.3 Å². The molecular weight excluding hydrogens is 314 g/mol. The normalized spacial score (nSPS) is 10.3. The molecule has 0 bridgehead atoms. The summed E-state index contributed by atoms with van der Waals surface area (Å²) in [7, 11) is 0. The second-order valence-electron chi connectivity index (χ2n) is 4.19. The maximum atomic E-state index is 11.0. The number of nitro benzene ring substituents is 1. The molecule has 0 aromatic heterocycles. The number of carboxylic acids is 1. The van der Waals surface area contributed by atoms with Crippen molar-refractivity contribution in [3.05, 3.63) is 63.2 Å². The van der Waals surface area contributed by atoms with Crippen LogP contribution in [0.15, 0.2) is 52.3 Å². The van der Waals surface area contributed by atoms with E-state index in [1.165, 1.54) is 30.0 Å². The third-order valence-electron chi connectivity index (χ3n) is 2.63. The molecule has 1 N–H and O–H groups in total. The molecule has 0 fully saturated rings. The third kappa shape index (κ3) is 4.21. The molecule has 21 heavy (non-hydrogen) atoms. The predicted molar refractivity (Wildman–Crippen MR) is 80.0 cm³/mol. The topological polar surface area (TPSA) is 80.4 Å². The first kappa shape index (κ1) is 15.3. The van der Waals surface area contributed by atoms with Crippen molar-refractivity contribution in [3.8, 4) is 0 Å². The van der Waals surface area contributed by atoms with E-state index in [0.29, 0.717) is 15.5 Å². The molecule has 0 radical (unpaired) electrons. The van der Waals surface area contributed by atoms with Crippen molar-refractivity contribution in [2.75, 3.05) is 0 Å². The average Bonchev–Trinajstić information content (AvgIpc) is 2.40. The zero-order chi connectivity index (χ0) is 15.4. The van der Waals surface area contributed by atoms with Gasteiger partial charge in [-0.1, -0.05) is 35.5 Å². The monoisotopic (exact) mass is 323 g/mol. The number of carbonyl (C=O) groups is 1. The van der Waals surface area contributed by atoms with Crippen molar-refractivity contribution in [2.24, 2.45) is 0 Å². The molecule has 0 saturated carbocycles. The third-order valence-corrected chi connectivity index (χ3v) is 3.91. The highest BCUT2D eigenvalue weighted by molar-refractivity contribution is 7.99. The van der Waals surface area contributed by atoms with E-state index in [0.717, 1.165) is 4.90 Å². The van der Waals surface area contributed by atoms with Gasteiger partial charge < -0.3 is 5.11 Å². The van der Waals surface area contributed by atoms with Gasteiger partial charge in [0.2, 0.25) is 0 Å². The number of benzene rings is 2. The van der Waals surface area contributed by atoms with Gasteiger partial charge in [-0.25, -0.2) is 0 Å². The fourth-order valence-corrected chi connectivity index (χ4v) is 2.89. The lowest BCUT2D eigenvalue weighted by molar-refractivity contribution is -0.387. The van der Waals surface area contributed by atoms with Crippen LogP contribution in [0.1, 0.15) is 5.56 Å². The Morgan fingerprint density at radius 2 is 1.90 bits per heavy atom. The lowest BCUT2D eigenvalue weighted by atomic mass is 10.2.